The van der Waals surface area contributed by atoms with Crippen LogP contribution in [0.25, 0.3) is 0 Å². The minimum absolute atomic E-state index is 0.191. The second-order valence-electron chi connectivity index (χ2n) is 7.01. The van der Waals surface area contributed by atoms with Crippen LogP contribution in [0, 0.1) is 0 Å². The highest BCUT2D eigenvalue weighted by atomic mass is 19.4. The molecule has 0 spiro atoms. The molecule has 5 nitrogen and oxygen atoms in total. The van der Waals surface area contributed by atoms with Crippen molar-refractivity contribution in [1.82, 2.24) is 15.5 Å². The topological polar surface area (TPSA) is 77.0 Å². The summed E-state index contributed by atoms with van der Waals surface area (Å²) in [6.45, 7) is 5.48. The van der Waals surface area contributed by atoms with Crippen molar-refractivity contribution in [3.8, 4) is 0 Å². The summed E-state index contributed by atoms with van der Waals surface area (Å²) in [7, 11) is 0. The van der Waals surface area contributed by atoms with Gasteiger partial charge in [0.2, 0.25) is 0 Å². The quantitative estimate of drug-likeness (QED) is 0.886. The number of nitrogens with one attached hydrogen (secondary N) is 1. The minimum Gasteiger partial charge on any atom is -0.337 e. The van der Waals surface area contributed by atoms with Crippen LogP contribution in [0.15, 0.2) is 28.8 Å². The van der Waals surface area contributed by atoms with Gasteiger partial charge in [0.1, 0.15) is 5.54 Å². The summed E-state index contributed by atoms with van der Waals surface area (Å²) in [5.41, 5.74) is 4.71. The number of hydrogen-bond donors (Lipinski definition) is 2. The molecule has 0 amide bonds. The zero-order valence-electron chi connectivity index (χ0n) is 14.2. The van der Waals surface area contributed by atoms with Crippen LogP contribution in [0.1, 0.15) is 49.5 Å². The van der Waals surface area contributed by atoms with Gasteiger partial charge in [-0.1, -0.05) is 24.2 Å². The maximum absolute atomic E-state index is 12.7. The molecule has 1 aromatic carbocycles. The van der Waals surface area contributed by atoms with Crippen LogP contribution >= 0.6 is 0 Å². The SMILES string of the molecule is CC1(c2noc(C(C)(N)c3ccc(C(F)(F)F)cc3)n2)CCNCC1. The lowest BCUT2D eigenvalue weighted by Crippen LogP contribution is -2.39. The van der Waals surface area contributed by atoms with Crippen molar-refractivity contribution in [2.75, 3.05) is 13.1 Å². The van der Waals surface area contributed by atoms with Crippen LogP contribution < -0.4 is 11.1 Å². The Labute approximate surface area is 143 Å². The average molecular weight is 354 g/mol. The second-order valence-corrected chi connectivity index (χ2v) is 7.01. The molecule has 1 saturated heterocycles. The van der Waals surface area contributed by atoms with Crippen LogP contribution in [0.5, 0.6) is 0 Å². The maximum atomic E-state index is 12.7. The molecule has 0 saturated carbocycles. The standard InChI is InChI=1S/C17H21F3N4O/c1-15(7-9-22-10-8-15)13-23-14(25-24-13)16(2,21)11-3-5-12(6-4-11)17(18,19)20/h3-6,22H,7-10,21H2,1-2H3. The van der Waals surface area contributed by atoms with E-state index < -0.39 is 17.3 Å². The van der Waals surface area contributed by atoms with Crippen LogP contribution in [0.2, 0.25) is 0 Å². The third kappa shape index (κ3) is 3.41. The Hall–Kier alpha value is -1.93. The highest BCUT2D eigenvalue weighted by Crippen LogP contribution is 2.34. The van der Waals surface area contributed by atoms with Crippen LogP contribution in [0.3, 0.4) is 0 Å². The first-order valence-electron chi connectivity index (χ1n) is 8.15. The van der Waals surface area contributed by atoms with E-state index in [1.54, 1.807) is 6.92 Å². The summed E-state index contributed by atoms with van der Waals surface area (Å²) in [5.74, 6) is 0.787. The third-order valence-electron chi connectivity index (χ3n) is 4.93. The van der Waals surface area contributed by atoms with Crippen molar-refractivity contribution in [2.24, 2.45) is 5.73 Å². The van der Waals surface area contributed by atoms with E-state index in [-0.39, 0.29) is 11.3 Å². The summed E-state index contributed by atoms with van der Waals surface area (Å²) in [6.07, 6.45) is -2.62. The van der Waals surface area contributed by atoms with Gasteiger partial charge in [0.25, 0.3) is 5.89 Å². The predicted molar refractivity (Wildman–Crippen MR) is 85.8 cm³/mol. The van der Waals surface area contributed by atoms with Gasteiger partial charge in [-0.15, -0.1) is 0 Å². The Morgan fingerprint density at radius 2 is 1.68 bits per heavy atom. The predicted octanol–water partition coefficient (Wildman–Crippen LogP) is 2.95. The van der Waals surface area contributed by atoms with E-state index in [9.17, 15) is 13.2 Å². The van der Waals surface area contributed by atoms with Gasteiger partial charge in [-0.2, -0.15) is 18.2 Å². The molecule has 25 heavy (non-hydrogen) atoms. The lowest BCUT2D eigenvalue weighted by atomic mass is 9.80. The Balaban J connectivity index is 1.87. The summed E-state index contributed by atoms with van der Waals surface area (Å²) in [5, 5.41) is 7.37. The lowest BCUT2D eigenvalue weighted by Gasteiger charge is -2.30. The number of hydrogen-bond acceptors (Lipinski definition) is 5. The van der Waals surface area contributed by atoms with Crippen LogP contribution in [-0.4, -0.2) is 23.2 Å². The molecule has 2 heterocycles. The van der Waals surface area contributed by atoms with Crippen LogP contribution in [-0.2, 0) is 17.1 Å². The van der Waals surface area contributed by atoms with Gasteiger partial charge in [-0.25, -0.2) is 0 Å². The number of nitrogens with two attached hydrogens (primary N) is 1. The lowest BCUT2D eigenvalue weighted by molar-refractivity contribution is -0.137. The molecule has 3 rings (SSSR count). The first-order valence-corrected chi connectivity index (χ1v) is 8.15. The largest absolute Gasteiger partial charge is 0.416 e. The summed E-state index contributed by atoms with van der Waals surface area (Å²) < 4.78 is 43.5. The summed E-state index contributed by atoms with van der Waals surface area (Å²) in [4.78, 5) is 4.47. The van der Waals surface area contributed by atoms with E-state index in [1.165, 1.54) is 12.1 Å². The number of aromatic nitrogens is 2. The number of rotatable bonds is 3. The smallest absolute Gasteiger partial charge is 0.337 e. The van der Waals surface area contributed by atoms with E-state index in [0.717, 1.165) is 38.1 Å². The molecule has 0 bridgehead atoms. The van der Waals surface area contributed by atoms with Crippen molar-refractivity contribution in [3.63, 3.8) is 0 Å². The molecule has 1 unspecified atom stereocenters. The van der Waals surface area contributed by atoms with Gasteiger partial charge >= 0.3 is 6.18 Å². The number of nitrogens with zero attached hydrogens (tertiary/aromatic N) is 2. The molecule has 136 valence electrons. The number of alkyl halides is 3. The summed E-state index contributed by atoms with van der Waals surface area (Å²) in [6, 6.07) is 4.70. The Morgan fingerprint density at radius 3 is 2.24 bits per heavy atom. The van der Waals surface area contributed by atoms with Gasteiger partial charge in [0.15, 0.2) is 5.82 Å². The van der Waals surface area contributed by atoms with Gasteiger partial charge in [-0.3, -0.25) is 0 Å². The van der Waals surface area contributed by atoms with Crippen LogP contribution in [0.4, 0.5) is 13.2 Å². The molecule has 1 aliphatic heterocycles. The Bertz CT molecular complexity index is 731. The van der Waals surface area contributed by atoms with Gasteiger partial charge < -0.3 is 15.6 Å². The van der Waals surface area contributed by atoms with E-state index >= 15 is 0 Å². The van der Waals surface area contributed by atoms with E-state index in [4.69, 9.17) is 10.3 Å². The zero-order valence-corrected chi connectivity index (χ0v) is 14.2. The average Bonchev–Trinajstić information content (AvgIpc) is 3.06. The molecular formula is C17H21F3N4O. The molecule has 1 atom stereocenters. The van der Waals surface area contributed by atoms with E-state index in [1.807, 2.05) is 0 Å². The fraction of sp³-hybridized carbons (Fsp3) is 0.529. The number of halogens is 3. The molecule has 0 aliphatic carbocycles. The Morgan fingerprint density at radius 1 is 1.12 bits per heavy atom. The van der Waals surface area contributed by atoms with E-state index in [0.29, 0.717) is 11.4 Å². The van der Waals surface area contributed by atoms with Crippen molar-refractivity contribution in [2.45, 2.75) is 43.8 Å². The normalized spacial score (nSPS) is 20.2. The first kappa shape index (κ1) is 17.9. The maximum Gasteiger partial charge on any atom is 0.416 e. The first-order chi connectivity index (χ1) is 11.6. The molecule has 1 aromatic heterocycles. The molecule has 1 fully saturated rings. The monoisotopic (exact) mass is 354 g/mol. The highest BCUT2D eigenvalue weighted by Gasteiger charge is 2.38. The van der Waals surface area contributed by atoms with Crippen molar-refractivity contribution in [3.05, 3.63) is 47.1 Å². The third-order valence-corrected chi connectivity index (χ3v) is 4.93. The molecule has 8 heteroatoms. The van der Waals surface area contributed by atoms with Crippen molar-refractivity contribution < 1.29 is 17.7 Å². The van der Waals surface area contributed by atoms with E-state index in [2.05, 4.69) is 22.4 Å². The van der Waals surface area contributed by atoms with Gasteiger partial charge in [0.05, 0.1) is 5.56 Å². The fourth-order valence-electron chi connectivity index (χ4n) is 3.01. The van der Waals surface area contributed by atoms with Gasteiger partial charge in [-0.05, 0) is 50.6 Å². The Kier molecular flexibility index (Phi) is 4.36. The van der Waals surface area contributed by atoms with Gasteiger partial charge in [0, 0.05) is 5.41 Å². The summed E-state index contributed by atoms with van der Waals surface area (Å²) >= 11 is 0. The zero-order chi connectivity index (χ0) is 18.3. The molecule has 0 radical (unpaired) electrons. The second kappa shape index (κ2) is 6.10. The highest BCUT2D eigenvalue weighted by molar-refractivity contribution is 5.33. The molecule has 3 N–H and O–H groups in total. The minimum atomic E-state index is -4.38. The number of benzene rings is 1. The fourth-order valence-corrected chi connectivity index (χ4v) is 3.01. The van der Waals surface area contributed by atoms with Crippen molar-refractivity contribution >= 4 is 0 Å². The van der Waals surface area contributed by atoms with Crippen molar-refractivity contribution in [1.29, 1.82) is 0 Å². The molecular weight excluding hydrogens is 333 g/mol. The molecule has 2 aromatic rings. The number of piperidine rings is 1. The molecule has 1 aliphatic rings.